The minimum atomic E-state index is -3.11. The third-order valence-corrected chi connectivity index (χ3v) is 5.38. The van der Waals surface area contributed by atoms with Crippen LogP contribution >= 0.6 is 0 Å². The van der Waals surface area contributed by atoms with Crippen LogP contribution in [0.25, 0.3) is 0 Å². The van der Waals surface area contributed by atoms with Crippen LogP contribution < -0.4 is 5.73 Å². The van der Waals surface area contributed by atoms with Gasteiger partial charge in [-0.15, -0.1) is 0 Å². The summed E-state index contributed by atoms with van der Waals surface area (Å²) in [6, 6.07) is 3.48. The van der Waals surface area contributed by atoms with Gasteiger partial charge in [-0.3, -0.25) is 4.98 Å². The summed E-state index contributed by atoms with van der Waals surface area (Å²) in [5.41, 5.74) is 6.95. The highest BCUT2D eigenvalue weighted by atomic mass is 32.2. The Labute approximate surface area is 103 Å². The van der Waals surface area contributed by atoms with Crippen molar-refractivity contribution in [3.8, 4) is 0 Å². The van der Waals surface area contributed by atoms with Crippen molar-refractivity contribution in [3.63, 3.8) is 0 Å². The summed E-state index contributed by atoms with van der Waals surface area (Å²) in [6.45, 7) is 5.92. The van der Waals surface area contributed by atoms with Crippen LogP contribution in [0.1, 0.15) is 32.0 Å². The average molecular weight is 256 g/mol. The molecule has 96 valence electrons. The van der Waals surface area contributed by atoms with E-state index in [1.807, 2.05) is 13.8 Å². The normalized spacial score (nSPS) is 13.9. The van der Waals surface area contributed by atoms with Gasteiger partial charge >= 0.3 is 0 Å². The number of sulfone groups is 1. The third-order valence-electron chi connectivity index (χ3n) is 2.96. The smallest absolute Gasteiger partial charge is 0.157 e. The Kier molecular flexibility index (Phi) is 4.65. The van der Waals surface area contributed by atoms with Gasteiger partial charge < -0.3 is 5.73 Å². The number of nitrogens with zero attached hydrogens (tertiary/aromatic N) is 1. The van der Waals surface area contributed by atoms with Crippen molar-refractivity contribution in [1.82, 2.24) is 4.98 Å². The number of hydrogen-bond acceptors (Lipinski definition) is 4. The number of aromatic nitrogens is 1. The van der Waals surface area contributed by atoms with Crippen LogP contribution in [-0.4, -0.2) is 18.7 Å². The molecule has 0 amide bonds. The first-order valence-electron chi connectivity index (χ1n) is 5.72. The molecule has 1 rings (SSSR count). The van der Waals surface area contributed by atoms with Gasteiger partial charge in [0.25, 0.3) is 0 Å². The predicted octanol–water partition coefficient (Wildman–Crippen LogP) is 1.50. The van der Waals surface area contributed by atoms with E-state index in [9.17, 15) is 8.42 Å². The van der Waals surface area contributed by atoms with Gasteiger partial charge in [-0.05, 0) is 30.5 Å². The molecular weight excluding hydrogens is 236 g/mol. The van der Waals surface area contributed by atoms with Gasteiger partial charge in [-0.25, -0.2) is 8.42 Å². The molecule has 0 aliphatic rings. The second-order valence-corrected chi connectivity index (χ2v) is 6.97. The van der Waals surface area contributed by atoms with Crippen molar-refractivity contribution in [2.24, 2.45) is 11.7 Å². The van der Waals surface area contributed by atoms with Crippen LogP contribution in [0, 0.1) is 5.92 Å². The van der Waals surface area contributed by atoms with E-state index < -0.39 is 9.84 Å². The monoisotopic (exact) mass is 256 g/mol. The summed E-state index contributed by atoms with van der Waals surface area (Å²) >= 11 is 0. The molecule has 17 heavy (non-hydrogen) atoms. The van der Waals surface area contributed by atoms with Gasteiger partial charge in [0.2, 0.25) is 0 Å². The quantitative estimate of drug-likeness (QED) is 0.866. The average Bonchev–Trinajstić information content (AvgIpc) is 2.27. The van der Waals surface area contributed by atoms with E-state index in [0.29, 0.717) is 6.54 Å². The van der Waals surface area contributed by atoms with Crippen molar-refractivity contribution in [2.75, 3.05) is 0 Å². The van der Waals surface area contributed by atoms with Gasteiger partial charge in [0.1, 0.15) is 0 Å². The molecule has 2 N–H and O–H groups in total. The first kappa shape index (κ1) is 14.1. The maximum absolute atomic E-state index is 12.1. The lowest BCUT2D eigenvalue weighted by atomic mass is 10.2. The fourth-order valence-electron chi connectivity index (χ4n) is 1.51. The van der Waals surface area contributed by atoms with Crippen molar-refractivity contribution >= 4 is 9.84 Å². The summed E-state index contributed by atoms with van der Waals surface area (Å²) in [4.78, 5) is 4.05. The van der Waals surface area contributed by atoms with E-state index in [0.717, 1.165) is 11.3 Å². The summed E-state index contributed by atoms with van der Waals surface area (Å²) in [7, 11) is -3.11. The minimum Gasteiger partial charge on any atom is -0.325 e. The second kappa shape index (κ2) is 5.60. The second-order valence-electron chi connectivity index (χ2n) is 4.62. The Morgan fingerprint density at radius 2 is 2.00 bits per heavy atom. The van der Waals surface area contributed by atoms with Crippen LogP contribution in [-0.2, 0) is 22.1 Å². The zero-order chi connectivity index (χ0) is 13.1. The lowest BCUT2D eigenvalue weighted by molar-refractivity contribution is 0.545. The van der Waals surface area contributed by atoms with Crippen LogP contribution in [0.3, 0.4) is 0 Å². The van der Waals surface area contributed by atoms with Crippen LogP contribution in [0.2, 0.25) is 0 Å². The molecule has 0 aliphatic carbocycles. The van der Waals surface area contributed by atoms with E-state index in [1.165, 1.54) is 0 Å². The van der Waals surface area contributed by atoms with Crippen LogP contribution in [0.15, 0.2) is 18.3 Å². The summed E-state index contributed by atoms with van der Waals surface area (Å²) in [5, 5.41) is -0.336. The van der Waals surface area contributed by atoms with E-state index in [-0.39, 0.29) is 16.9 Å². The molecule has 1 unspecified atom stereocenters. The minimum absolute atomic E-state index is 0.0574. The molecule has 1 aromatic rings. The van der Waals surface area contributed by atoms with Crippen molar-refractivity contribution < 1.29 is 8.42 Å². The van der Waals surface area contributed by atoms with Crippen molar-refractivity contribution in [2.45, 2.75) is 38.3 Å². The Hall–Kier alpha value is -0.940. The summed E-state index contributed by atoms with van der Waals surface area (Å²) < 4.78 is 24.2. The van der Waals surface area contributed by atoms with Crippen molar-refractivity contribution in [3.05, 3.63) is 29.6 Å². The fraction of sp³-hybridized carbons (Fsp3) is 0.583. The maximum atomic E-state index is 12.1. The largest absolute Gasteiger partial charge is 0.325 e. The number of pyridine rings is 1. The zero-order valence-electron chi connectivity index (χ0n) is 10.6. The Morgan fingerprint density at radius 3 is 2.53 bits per heavy atom. The topological polar surface area (TPSA) is 73.0 Å². The Morgan fingerprint density at radius 1 is 1.35 bits per heavy atom. The van der Waals surface area contributed by atoms with Crippen LogP contribution in [0.4, 0.5) is 0 Å². The highest BCUT2D eigenvalue weighted by Gasteiger charge is 2.24. The maximum Gasteiger partial charge on any atom is 0.157 e. The lowest BCUT2D eigenvalue weighted by Gasteiger charge is -2.16. The predicted molar refractivity (Wildman–Crippen MR) is 69.1 cm³/mol. The molecule has 0 fully saturated rings. The van der Waals surface area contributed by atoms with E-state index in [2.05, 4.69) is 4.98 Å². The fourth-order valence-corrected chi connectivity index (χ4v) is 3.24. The van der Waals surface area contributed by atoms with Gasteiger partial charge in [0, 0.05) is 12.7 Å². The molecule has 5 heteroatoms. The molecule has 0 saturated carbocycles. The summed E-state index contributed by atoms with van der Waals surface area (Å²) in [6.07, 6.45) is 1.60. The molecule has 1 atom stereocenters. The highest BCUT2D eigenvalue weighted by Crippen LogP contribution is 2.17. The van der Waals surface area contributed by atoms with E-state index in [1.54, 1.807) is 25.3 Å². The Bertz CT molecular complexity index is 469. The van der Waals surface area contributed by atoms with E-state index in [4.69, 9.17) is 5.73 Å². The van der Waals surface area contributed by atoms with Crippen LogP contribution in [0.5, 0.6) is 0 Å². The third kappa shape index (κ3) is 3.78. The van der Waals surface area contributed by atoms with Gasteiger partial charge in [0.15, 0.2) is 9.84 Å². The molecular formula is C12H20N2O2S. The molecule has 0 radical (unpaired) electrons. The molecule has 4 nitrogen and oxygen atoms in total. The molecule has 1 heterocycles. The highest BCUT2D eigenvalue weighted by molar-refractivity contribution is 7.91. The zero-order valence-corrected chi connectivity index (χ0v) is 11.4. The molecule has 0 spiro atoms. The van der Waals surface area contributed by atoms with Gasteiger partial charge in [-0.2, -0.15) is 0 Å². The van der Waals surface area contributed by atoms with E-state index >= 15 is 0 Å². The standard InChI is InChI=1S/C12H20N2O2S/c1-9(2)10(3)17(15,16)8-11-4-5-14-12(6-11)7-13/h4-6,9-10H,7-8,13H2,1-3H3. The lowest BCUT2D eigenvalue weighted by Crippen LogP contribution is -2.24. The molecule has 0 saturated heterocycles. The first-order valence-corrected chi connectivity index (χ1v) is 7.44. The first-order chi connectivity index (χ1) is 7.86. The molecule has 0 bridgehead atoms. The molecule has 0 aliphatic heterocycles. The molecule has 1 aromatic heterocycles. The van der Waals surface area contributed by atoms with Gasteiger partial charge in [-0.1, -0.05) is 13.8 Å². The summed E-state index contributed by atoms with van der Waals surface area (Å²) in [5.74, 6) is 0.179. The SMILES string of the molecule is CC(C)C(C)S(=O)(=O)Cc1ccnc(CN)c1. The number of rotatable bonds is 5. The number of hydrogen-bond donors (Lipinski definition) is 1. The number of nitrogens with two attached hydrogens (primary N) is 1. The Balaban J connectivity index is 2.90. The molecule has 0 aromatic carbocycles. The van der Waals surface area contributed by atoms with Gasteiger partial charge in [0.05, 0.1) is 16.7 Å². The van der Waals surface area contributed by atoms with Crippen molar-refractivity contribution in [1.29, 1.82) is 0 Å².